The molecule has 182 valence electrons. The van der Waals surface area contributed by atoms with Gasteiger partial charge in [0.25, 0.3) is 0 Å². The summed E-state index contributed by atoms with van der Waals surface area (Å²) in [6.45, 7) is 10.5. The second kappa shape index (κ2) is 15.5. The molecule has 0 aromatic heterocycles. The molecular weight excluding hydrogens is 414 g/mol. The first-order chi connectivity index (χ1) is 15.3. The zero-order valence-corrected chi connectivity index (χ0v) is 19.8. The lowest BCUT2D eigenvalue weighted by Gasteiger charge is -2.37. The molecule has 1 aliphatic rings. The number of methoxy groups -OCH3 is 1. The van der Waals surface area contributed by atoms with E-state index in [2.05, 4.69) is 11.8 Å². The molecule has 0 radical (unpaired) electrons. The molecule has 2 N–H and O–H groups in total. The first kappa shape index (κ1) is 27.7. The fourth-order valence-corrected chi connectivity index (χ4v) is 3.65. The SMILES string of the molecule is CCCCCN1CC[C@@H](CCOc2cccc(OC(C)C)c2)[C@H](OC)C1.O=C(O)C(=O)O. The van der Waals surface area contributed by atoms with E-state index in [0.717, 1.165) is 31.1 Å². The summed E-state index contributed by atoms with van der Waals surface area (Å²) in [4.78, 5) is 20.8. The van der Waals surface area contributed by atoms with E-state index in [9.17, 15) is 0 Å². The van der Waals surface area contributed by atoms with E-state index in [0.29, 0.717) is 12.0 Å². The minimum Gasteiger partial charge on any atom is -0.493 e. The van der Waals surface area contributed by atoms with Gasteiger partial charge in [-0.3, -0.25) is 0 Å². The summed E-state index contributed by atoms with van der Waals surface area (Å²) >= 11 is 0. The molecule has 0 saturated carbocycles. The third kappa shape index (κ3) is 11.3. The summed E-state index contributed by atoms with van der Waals surface area (Å²) in [7, 11) is 1.85. The number of ether oxygens (including phenoxy) is 3. The van der Waals surface area contributed by atoms with Gasteiger partial charge in [0, 0.05) is 19.7 Å². The lowest BCUT2D eigenvalue weighted by atomic mass is 9.91. The largest absolute Gasteiger partial charge is 0.493 e. The number of aliphatic carboxylic acids is 2. The molecule has 0 bridgehead atoms. The Morgan fingerprint density at radius 3 is 2.44 bits per heavy atom. The van der Waals surface area contributed by atoms with E-state index < -0.39 is 11.9 Å². The lowest BCUT2D eigenvalue weighted by molar-refractivity contribution is -0.159. The van der Waals surface area contributed by atoms with Crippen LogP contribution in [0.4, 0.5) is 0 Å². The number of rotatable bonds is 11. The summed E-state index contributed by atoms with van der Waals surface area (Å²) in [5.41, 5.74) is 0. The minimum absolute atomic E-state index is 0.176. The quantitative estimate of drug-likeness (QED) is 0.384. The maximum atomic E-state index is 9.10. The van der Waals surface area contributed by atoms with Crippen LogP contribution >= 0.6 is 0 Å². The highest BCUT2D eigenvalue weighted by atomic mass is 16.5. The van der Waals surface area contributed by atoms with Gasteiger partial charge in [-0.05, 0) is 64.3 Å². The van der Waals surface area contributed by atoms with Crippen LogP contribution in [0.3, 0.4) is 0 Å². The van der Waals surface area contributed by atoms with Gasteiger partial charge in [0.05, 0.1) is 18.8 Å². The summed E-state index contributed by atoms with van der Waals surface area (Å²) in [6.07, 6.45) is 6.65. The Morgan fingerprint density at radius 1 is 1.16 bits per heavy atom. The number of benzene rings is 1. The van der Waals surface area contributed by atoms with Gasteiger partial charge in [-0.2, -0.15) is 0 Å². The molecule has 32 heavy (non-hydrogen) atoms. The first-order valence-electron chi connectivity index (χ1n) is 11.4. The van der Waals surface area contributed by atoms with E-state index in [4.69, 9.17) is 34.0 Å². The highest BCUT2D eigenvalue weighted by molar-refractivity contribution is 6.27. The average Bonchev–Trinajstić information content (AvgIpc) is 2.75. The van der Waals surface area contributed by atoms with Gasteiger partial charge in [0.15, 0.2) is 0 Å². The second-order valence-electron chi connectivity index (χ2n) is 8.22. The number of hydrogen-bond acceptors (Lipinski definition) is 6. The van der Waals surface area contributed by atoms with Crippen LogP contribution in [0.5, 0.6) is 11.5 Å². The number of carbonyl (C=O) groups is 2. The highest BCUT2D eigenvalue weighted by Gasteiger charge is 2.28. The van der Waals surface area contributed by atoms with Crippen molar-refractivity contribution in [2.75, 3.05) is 33.4 Å². The Hall–Kier alpha value is -2.32. The maximum Gasteiger partial charge on any atom is 0.414 e. The second-order valence-corrected chi connectivity index (χ2v) is 8.22. The van der Waals surface area contributed by atoms with Gasteiger partial charge >= 0.3 is 11.9 Å². The predicted molar refractivity (Wildman–Crippen MR) is 122 cm³/mol. The molecule has 0 unspecified atom stereocenters. The van der Waals surface area contributed by atoms with Crippen LogP contribution < -0.4 is 9.47 Å². The third-order valence-corrected chi connectivity index (χ3v) is 5.28. The van der Waals surface area contributed by atoms with Crippen molar-refractivity contribution in [1.82, 2.24) is 4.90 Å². The molecule has 0 aliphatic carbocycles. The van der Waals surface area contributed by atoms with Gasteiger partial charge in [-0.15, -0.1) is 0 Å². The van der Waals surface area contributed by atoms with Crippen molar-refractivity contribution in [2.24, 2.45) is 5.92 Å². The van der Waals surface area contributed by atoms with Crippen molar-refractivity contribution < 1.29 is 34.0 Å². The summed E-state index contributed by atoms with van der Waals surface area (Å²) in [5, 5.41) is 14.8. The van der Waals surface area contributed by atoms with Crippen molar-refractivity contribution >= 4 is 11.9 Å². The van der Waals surface area contributed by atoms with Gasteiger partial charge in [0.1, 0.15) is 11.5 Å². The lowest BCUT2D eigenvalue weighted by Crippen LogP contribution is -2.45. The molecule has 0 amide bonds. The topological polar surface area (TPSA) is 106 Å². The Labute approximate surface area is 191 Å². The van der Waals surface area contributed by atoms with E-state index in [-0.39, 0.29) is 6.10 Å². The normalized spacial score (nSPS) is 18.5. The molecule has 1 aromatic rings. The Bertz CT molecular complexity index is 668. The van der Waals surface area contributed by atoms with Gasteiger partial charge in [-0.25, -0.2) is 9.59 Å². The monoisotopic (exact) mass is 453 g/mol. The predicted octanol–water partition coefficient (Wildman–Crippen LogP) is 3.93. The molecule has 1 aliphatic heterocycles. The molecule has 0 spiro atoms. The van der Waals surface area contributed by atoms with Crippen LogP contribution in [0, 0.1) is 5.92 Å². The smallest absolute Gasteiger partial charge is 0.414 e. The van der Waals surface area contributed by atoms with Crippen molar-refractivity contribution in [3.05, 3.63) is 24.3 Å². The zero-order chi connectivity index (χ0) is 23.9. The van der Waals surface area contributed by atoms with Crippen LogP contribution in [0.1, 0.15) is 52.9 Å². The molecule has 8 nitrogen and oxygen atoms in total. The fourth-order valence-electron chi connectivity index (χ4n) is 3.65. The molecule has 8 heteroatoms. The van der Waals surface area contributed by atoms with Crippen LogP contribution in [0.15, 0.2) is 24.3 Å². The molecule has 1 saturated heterocycles. The molecular formula is C24H39NO7. The van der Waals surface area contributed by atoms with Crippen LogP contribution in [0.25, 0.3) is 0 Å². The Morgan fingerprint density at radius 2 is 1.84 bits per heavy atom. The number of unbranched alkanes of at least 4 members (excludes halogenated alkanes) is 2. The number of carboxylic acids is 2. The third-order valence-electron chi connectivity index (χ3n) is 5.28. The number of piperidine rings is 1. The summed E-state index contributed by atoms with van der Waals surface area (Å²) in [5.74, 6) is -1.32. The molecule has 2 rings (SSSR count). The fraction of sp³-hybridized carbons (Fsp3) is 0.667. The standard InChI is InChI=1S/C22H37NO3.C2H2O4/c1-5-6-7-13-23-14-11-19(22(17-23)24-4)12-15-25-20-9-8-10-21(16-20)26-18(2)3;3-1(4)2(5)6/h8-10,16,18-19,22H,5-7,11-15,17H2,1-4H3;(H,3,4)(H,5,6)/t19-,22+;/m0./s1. The maximum absolute atomic E-state index is 9.10. The highest BCUT2D eigenvalue weighted by Crippen LogP contribution is 2.25. The Kier molecular flexibility index (Phi) is 13.4. The van der Waals surface area contributed by atoms with Crippen molar-refractivity contribution in [1.29, 1.82) is 0 Å². The van der Waals surface area contributed by atoms with Crippen molar-refractivity contribution in [3.63, 3.8) is 0 Å². The summed E-state index contributed by atoms with van der Waals surface area (Å²) in [6, 6.07) is 7.93. The average molecular weight is 454 g/mol. The Balaban J connectivity index is 0.000000751. The van der Waals surface area contributed by atoms with E-state index >= 15 is 0 Å². The zero-order valence-electron chi connectivity index (χ0n) is 19.8. The van der Waals surface area contributed by atoms with Gasteiger partial charge in [0.2, 0.25) is 0 Å². The molecule has 1 aromatic carbocycles. The van der Waals surface area contributed by atoms with Crippen LogP contribution in [-0.2, 0) is 14.3 Å². The van der Waals surface area contributed by atoms with Crippen LogP contribution in [0.2, 0.25) is 0 Å². The minimum atomic E-state index is -1.82. The number of nitrogens with zero attached hydrogens (tertiary/aromatic N) is 1. The number of likely N-dealkylation sites (tertiary alicyclic amines) is 1. The van der Waals surface area contributed by atoms with E-state index in [1.807, 2.05) is 45.2 Å². The van der Waals surface area contributed by atoms with Crippen molar-refractivity contribution in [2.45, 2.75) is 65.1 Å². The first-order valence-corrected chi connectivity index (χ1v) is 11.4. The van der Waals surface area contributed by atoms with E-state index in [1.165, 1.54) is 38.8 Å². The van der Waals surface area contributed by atoms with Crippen LogP contribution in [-0.4, -0.2) is 72.6 Å². The molecule has 1 fully saturated rings. The molecule has 2 atom stereocenters. The van der Waals surface area contributed by atoms with Gasteiger partial charge in [-0.1, -0.05) is 25.8 Å². The van der Waals surface area contributed by atoms with Gasteiger partial charge < -0.3 is 29.3 Å². The summed E-state index contributed by atoms with van der Waals surface area (Å²) < 4.78 is 17.5. The molecule has 1 heterocycles. The number of hydrogen-bond donors (Lipinski definition) is 2. The van der Waals surface area contributed by atoms with Crippen molar-refractivity contribution in [3.8, 4) is 11.5 Å². The van der Waals surface area contributed by atoms with E-state index in [1.54, 1.807) is 0 Å². The number of carboxylic acid groups (broad SMARTS) is 2.